The molecule has 3 atom stereocenters. The van der Waals surface area contributed by atoms with Gasteiger partial charge < -0.3 is 19.5 Å². The summed E-state index contributed by atoms with van der Waals surface area (Å²) in [5.74, 6) is 0.0204. The van der Waals surface area contributed by atoms with Crippen LogP contribution in [0.3, 0.4) is 0 Å². The van der Waals surface area contributed by atoms with E-state index in [-0.39, 0.29) is 23.7 Å². The van der Waals surface area contributed by atoms with Crippen LogP contribution in [0.5, 0.6) is 0 Å². The Kier molecular flexibility index (Phi) is 4.71. The molecule has 1 amide bonds. The molecule has 1 saturated carbocycles. The van der Waals surface area contributed by atoms with Crippen LogP contribution >= 0.6 is 0 Å². The minimum Gasteiger partial charge on any atom is -0.393 e. The van der Waals surface area contributed by atoms with Crippen molar-refractivity contribution in [3.63, 3.8) is 0 Å². The van der Waals surface area contributed by atoms with Gasteiger partial charge in [0.1, 0.15) is 0 Å². The van der Waals surface area contributed by atoms with E-state index >= 15 is 0 Å². The van der Waals surface area contributed by atoms with Crippen LogP contribution in [0.25, 0.3) is 0 Å². The zero-order chi connectivity index (χ0) is 16.4. The molecular weight excluding hydrogens is 294 g/mol. The maximum absolute atomic E-state index is 12.9. The lowest BCUT2D eigenvalue weighted by Gasteiger charge is -2.42. The Labute approximate surface area is 137 Å². The van der Waals surface area contributed by atoms with Crippen LogP contribution in [-0.4, -0.2) is 54.4 Å². The summed E-state index contributed by atoms with van der Waals surface area (Å²) < 4.78 is 10.9. The van der Waals surface area contributed by atoms with Crippen molar-refractivity contribution in [2.24, 2.45) is 0 Å². The normalized spacial score (nSPS) is 30.3. The number of amides is 1. The van der Waals surface area contributed by atoms with Crippen molar-refractivity contribution >= 4 is 5.91 Å². The van der Waals surface area contributed by atoms with Crippen LogP contribution in [0.15, 0.2) is 24.3 Å². The van der Waals surface area contributed by atoms with Crippen molar-refractivity contribution in [3.05, 3.63) is 35.4 Å². The smallest absolute Gasteiger partial charge is 0.254 e. The third-order valence-electron chi connectivity index (χ3n) is 5.33. The number of nitrogens with zero attached hydrogens (tertiary/aromatic N) is 1. The third kappa shape index (κ3) is 3.01. The average molecular weight is 319 g/mol. The highest BCUT2D eigenvalue weighted by molar-refractivity contribution is 5.94. The van der Waals surface area contributed by atoms with Gasteiger partial charge in [-0.3, -0.25) is 4.79 Å². The number of fused-ring (bicyclic) bond motifs is 1. The Morgan fingerprint density at radius 2 is 2.04 bits per heavy atom. The molecule has 0 aromatic heterocycles. The summed E-state index contributed by atoms with van der Waals surface area (Å²) >= 11 is 0. The summed E-state index contributed by atoms with van der Waals surface area (Å²) in [6.07, 6.45) is 2.65. The largest absolute Gasteiger partial charge is 0.393 e. The molecule has 1 N–H and O–H groups in total. The van der Waals surface area contributed by atoms with E-state index in [9.17, 15) is 9.90 Å². The van der Waals surface area contributed by atoms with Gasteiger partial charge >= 0.3 is 0 Å². The highest BCUT2D eigenvalue weighted by Crippen LogP contribution is 2.42. The highest BCUT2D eigenvalue weighted by Gasteiger charge is 2.52. The van der Waals surface area contributed by atoms with Crippen molar-refractivity contribution in [2.45, 2.75) is 50.0 Å². The molecule has 1 aliphatic heterocycles. The van der Waals surface area contributed by atoms with Crippen molar-refractivity contribution < 1.29 is 19.4 Å². The molecule has 0 radical (unpaired) electrons. The summed E-state index contributed by atoms with van der Waals surface area (Å²) in [5.41, 5.74) is 1.44. The SMILES string of the molecule is COCc1ccc(C(=O)N2CC[C@]3(OC)CCC(O)CC23)cc1. The average Bonchev–Trinajstić information content (AvgIpc) is 2.94. The number of likely N-dealkylation sites (tertiary alicyclic amines) is 1. The first-order chi connectivity index (χ1) is 11.1. The third-order valence-corrected chi connectivity index (χ3v) is 5.33. The predicted molar refractivity (Wildman–Crippen MR) is 86.2 cm³/mol. The Bertz CT molecular complexity index is 559. The van der Waals surface area contributed by atoms with Crippen molar-refractivity contribution in [1.29, 1.82) is 0 Å². The number of aliphatic hydroxyl groups excluding tert-OH is 1. The fourth-order valence-corrected chi connectivity index (χ4v) is 4.00. The fraction of sp³-hybridized carbons (Fsp3) is 0.611. The quantitative estimate of drug-likeness (QED) is 0.922. The molecule has 1 aromatic carbocycles. The topological polar surface area (TPSA) is 59.0 Å². The molecule has 23 heavy (non-hydrogen) atoms. The second kappa shape index (κ2) is 6.59. The number of hydrogen-bond acceptors (Lipinski definition) is 4. The first-order valence-corrected chi connectivity index (χ1v) is 8.22. The standard InChI is InChI=1S/C18H25NO4/c1-22-12-13-3-5-14(6-4-13)17(21)19-10-9-18(23-2)8-7-15(20)11-16(18)19/h3-6,15-16,20H,7-12H2,1-2H3/t15?,16?,18-/m1/s1. The van der Waals surface area contributed by atoms with E-state index in [1.54, 1.807) is 14.2 Å². The molecule has 1 saturated heterocycles. The molecule has 3 rings (SSSR count). The van der Waals surface area contributed by atoms with Gasteiger partial charge in [0.25, 0.3) is 5.91 Å². The predicted octanol–water partition coefficient (Wildman–Crippen LogP) is 1.98. The number of ether oxygens (including phenoxy) is 2. The van der Waals surface area contributed by atoms with Gasteiger partial charge in [0.05, 0.1) is 24.4 Å². The molecule has 1 aliphatic carbocycles. The van der Waals surface area contributed by atoms with Crippen molar-refractivity contribution in [2.75, 3.05) is 20.8 Å². The number of rotatable bonds is 4. The Morgan fingerprint density at radius 1 is 1.30 bits per heavy atom. The zero-order valence-corrected chi connectivity index (χ0v) is 13.8. The molecule has 126 valence electrons. The van der Waals surface area contributed by atoms with Gasteiger partial charge in [-0.2, -0.15) is 0 Å². The van der Waals surface area contributed by atoms with Gasteiger partial charge in [-0.15, -0.1) is 0 Å². The Balaban J connectivity index is 1.79. The lowest BCUT2D eigenvalue weighted by atomic mass is 9.79. The van der Waals surface area contributed by atoms with E-state index in [1.165, 1.54) is 0 Å². The number of hydrogen-bond donors (Lipinski definition) is 1. The molecule has 1 aromatic rings. The van der Waals surface area contributed by atoms with Crippen LogP contribution < -0.4 is 0 Å². The molecule has 1 heterocycles. The van der Waals surface area contributed by atoms with Crippen molar-refractivity contribution in [1.82, 2.24) is 4.90 Å². The number of benzene rings is 1. The first kappa shape index (κ1) is 16.4. The molecule has 0 bridgehead atoms. The Hall–Kier alpha value is -1.43. The molecule has 5 heteroatoms. The first-order valence-electron chi connectivity index (χ1n) is 8.22. The second-order valence-corrected chi connectivity index (χ2v) is 6.59. The van der Waals surface area contributed by atoms with Gasteiger partial charge in [-0.1, -0.05) is 12.1 Å². The number of carbonyl (C=O) groups is 1. The maximum Gasteiger partial charge on any atom is 0.254 e. The highest BCUT2D eigenvalue weighted by atomic mass is 16.5. The van der Waals surface area contributed by atoms with Crippen LogP contribution in [0.2, 0.25) is 0 Å². The summed E-state index contributed by atoms with van der Waals surface area (Å²) in [4.78, 5) is 14.8. The molecule has 2 aliphatic rings. The maximum atomic E-state index is 12.9. The van der Waals surface area contributed by atoms with E-state index in [4.69, 9.17) is 9.47 Å². The Morgan fingerprint density at radius 3 is 2.70 bits per heavy atom. The minimum atomic E-state index is -0.347. The fourth-order valence-electron chi connectivity index (χ4n) is 4.00. The van der Waals surface area contributed by atoms with E-state index in [1.807, 2.05) is 29.2 Å². The molecule has 2 fully saturated rings. The van der Waals surface area contributed by atoms with Crippen LogP contribution in [0.4, 0.5) is 0 Å². The van der Waals surface area contributed by atoms with Crippen LogP contribution in [-0.2, 0) is 16.1 Å². The lowest BCUT2D eigenvalue weighted by molar-refractivity contribution is -0.0824. The molecule has 0 spiro atoms. The molecular formula is C18H25NO4. The summed E-state index contributed by atoms with van der Waals surface area (Å²) in [7, 11) is 3.38. The van der Waals surface area contributed by atoms with E-state index in [0.29, 0.717) is 25.1 Å². The van der Waals surface area contributed by atoms with Crippen LogP contribution in [0, 0.1) is 0 Å². The zero-order valence-electron chi connectivity index (χ0n) is 13.8. The van der Waals surface area contributed by atoms with Gasteiger partial charge in [-0.25, -0.2) is 0 Å². The summed E-state index contributed by atoms with van der Waals surface area (Å²) in [5, 5.41) is 10.0. The van der Waals surface area contributed by atoms with Crippen LogP contribution in [0.1, 0.15) is 41.6 Å². The van der Waals surface area contributed by atoms with Gasteiger partial charge in [0.15, 0.2) is 0 Å². The number of methoxy groups -OCH3 is 2. The summed E-state index contributed by atoms with van der Waals surface area (Å²) in [6.45, 7) is 1.23. The van der Waals surface area contributed by atoms with Crippen molar-refractivity contribution in [3.8, 4) is 0 Å². The minimum absolute atomic E-state index is 0.0204. The number of carbonyl (C=O) groups excluding carboxylic acids is 1. The lowest BCUT2D eigenvalue weighted by Crippen LogP contribution is -2.52. The van der Waals surface area contributed by atoms with Gasteiger partial charge in [0, 0.05) is 26.3 Å². The monoisotopic (exact) mass is 319 g/mol. The molecule has 2 unspecified atom stereocenters. The van der Waals surface area contributed by atoms with E-state index < -0.39 is 0 Å². The van der Waals surface area contributed by atoms with E-state index in [2.05, 4.69) is 0 Å². The van der Waals surface area contributed by atoms with E-state index in [0.717, 1.165) is 24.8 Å². The second-order valence-electron chi connectivity index (χ2n) is 6.59. The number of aliphatic hydroxyl groups is 1. The van der Waals surface area contributed by atoms with Gasteiger partial charge in [0.2, 0.25) is 0 Å². The molecule has 5 nitrogen and oxygen atoms in total. The van der Waals surface area contributed by atoms with Gasteiger partial charge in [-0.05, 0) is 43.4 Å². The summed E-state index contributed by atoms with van der Waals surface area (Å²) in [6, 6.07) is 7.51.